The summed E-state index contributed by atoms with van der Waals surface area (Å²) < 4.78 is 6.01. The molecule has 1 aliphatic rings. The average molecular weight is 285 g/mol. The second-order valence-electron chi connectivity index (χ2n) is 4.20. The van der Waals surface area contributed by atoms with Gasteiger partial charge in [-0.1, -0.05) is 0 Å². The molecule has 1 aromatic rings. The first-order valence-corrected chi connectivity index (χ1v) is 5.65. The van der Waals surface area contributed by atoms with Crippen molar-refractivity contribution in [1.29, 1.82) is 0 Å². The first kappa shape index (κ1) is 14.4. The Balaban J connectivity index is 2.43. The summed E-state index contributed by atoms with van der Waals surface area (Å²) in [5.74, 6) is 4.10. The van der Waals surface area contributed by atoms with E-state index >= 15 is 0 Å². The molecular weight excluding hydrogens is 272 g/mol. The number of rotatable bonds is 3. The van der Waals surface area contributed by atoms with E-state index in [-0.39, 0.29) is 5.56 Å². The normalized spacial score (nSPS) is 30.1. The molecule has 5 N–H and O–H groups in total. The molecule has 4 atom stereocenters. The highest BCUT2D eigenvalue weighted by Crippen LogP contribution is 2.28. The highest BCUT2D eigenvalue weighted by atomic mass is 16.6. The summed E-state index contributed by atoms with van der Waals surface area (Å²) in [7, 11) is 0. The molecule has 0 aliphatic carbocycles. The van der Waals surface area contributed by atoms with Crippen molar-refractivity contribution in [3.8, 4) is 5.88 Å². The molecule has 2 rings (SSSR count). The van der Waals surface area contributed by atoms with Gasteiger partial charge in [-0.2, -0.15) is 5.10 Å². The summed E-state index contributed by atoms with van der Waals surface area (Å²) in [6, 6.07) is 0. The van der Waals surface area contributed by atoms with Crippen molar-refractivity contribution in [3.63, 3.8) is 0 Å². The topological polar surface area (TPSA) is 166 Å². The fourth-order valence-corrected chi connectivity index (χ4v) is 1.93. The second-order valence-corrected chi connectivity index (χ2v) is 4.20. The van der Waals surface area contributed by atoms with E-state index in [2.05, 4.69) is 10.1 Å². The van der Waals surface area contributed by atoms with E-state index in [4.69, 9.17) is 15.7 Å². The number of aliphatic hydroxyl groups is 3. The van der Waals surface area contributed by atoms with Crippen LogP contribution >= 0.6 is 0 Å². The van der Waals surface area contributed by atoms with Crippen LogP contribution in [-0.4, -0.2) is 56.0 Å². The Bertz CT molecular complexity index is 573. The van der Waals surface area contributed by atoms with Crippen molar-refractivity contribution in [2.75, 3.05) is 6.61 Å². The molecule has 20 heavy (non-hydrogen) atoms. The maximum Gasteiger partial charge on any atom is 0.349 e. The monoisotopic (exact) mass is 285 g/mol. The summed E-state index contributed by atoms with van der Waals surface area (Å²) in [5.41, 5.74) is -1.04. The van der Waals surface area contributed by atoms with Crippen LogP contribution in [0.1, 0.15) is 11.8 Å². The standard InChI is InChI=1S/C10H14N4O6/c11-12-1-4-2-14(10(19)13-8(4)18)9-7(17)6(16)5(3-15)20-9/h1-2,5-7,9,15-17H,3,11H2,(H,13,18,19)/p-1/t5-,6-,7-,9?/m1/s1. The molecule has 0 bridgehead atoms. The SMILES string of the molecule is NN=Cc1cn(C2O[C@H](CO)[C@@H](O)[C@H]2O)c(=O)nc1[O-]. The molecule has 1 saturated heterocycles. The lowest BCUT2D eigenvalue weighted by Crippen LogP contribution is -2.36. The van der Waals surface area contributed by atoms with Gasteiger partial charge in [-0.3, -0.25) is 4.57 Å². The van der Waals surface area contributed by atoms with Crippen LogP contribution in [0.4, 0.5) is 0 Å². The number of hydrogen-bond acceptors (Lipinski definition) is 9. The minimum Gasteiger partial charge on any atom is -0.858 e. The minimum absolute atomic E-state index is 0.0789. The predicted octanol–water partition coefficient (Wildman–Crippen LogP) is -3.78. The van der Waals surface area contributed by atoms with Crippen LogP contribution in [-0.2, 0) is 4.74 Å². The van der Waals surface area contributed by atoms with E-state index in [1.54, 1.807) is 0 Å². The van der Waals surface area contributed by atoms with Crippen molar-refractivity contribution in [2.24, 2.45) is 10.9 Å². The number of aliphatic hydroxyl groups excluding tert-OH is 3. The second kappa shape index (κ2) is 5.54. The lowest BCUT2D eigenvalue weighted by Gasteiger charge is -2.19. The van der Waals surface area contributed by atoms with Crippen molar-refractivity contribution < 1.29 is 25.2 Å². The molecule has 110 valence electrons. The molecule has 1 fully saturated rings. The maximum absolute atomic E-state index is 11.7. The number of ether oxygens (including phenoxy) is 1. The van der Waals surface area contributed by atoms with Gasteiger partial charge >= 0.3 is 5.69 Å². The van der Waals surface area contributed by atoms with Crippen molar-refractivity contribution in [1.82, 2.24) is 9.55 Å². The Labute approximate surface area is 112 Å². The summed E-state index contributed by atoms with van der Waals surface area (Å²) in [6.45, 7) is -0.534. The van der Waals surface area contributed by atoms with Crippen LogP contribution in [0.5, 0.6) is 5.88 Å². The quantitative estimate of drug-likeness (QED) is 0.249. The number of aromatic nitrogens is 2. The van der Waals surface area contributed by atoms with Crippen molar-refractivity contribution in [2.45, 2.75) is 24.5 Å². The lowest BCUT2D eigenvalue weighted by atomic mass is 10.1. The van der Waals surface area contributed by atoms with Gasteiger partial charge < -0.3 is 31.0 Å². The van der Waals surface area contributed by atoms with Gasteiger partial charge in [0.15, 0.2) is 6.23 Å². The molecule has 0 radical (unpaired) electrons. The van der Waals surface area contributed by atoms with Gasteiger partial charge in [-0.05, 0) is 0 Å². The molecule has 1 unspecified atom stereocenters. The van der Waals surface area contributed by atoms with Gasteiger partial charge in [-0.25, -0.2) is 9.78 Å². The Kier molecular flexibility index (Phi) is 3.99. The van der Waals surface area contributed by atoms with Gasteiger partial charge in [0.05, 0.1) is 12.8 Å². The van der Waals surface area contributed by atoms with E-state index in [1.165, 1.54) is 0 Å². The predicted molar refractivity (Wildman–Crippen MR) is 62.7 cm³/mol. The van der Waals surface area contributed by atoms with Crippen LogP contribution in [0, 0.1) is 0 Å². The van der Waals surface area contributed by atoms with Crippen LogP contribution in [0.2, 0.25) is 0 Å². The van der Waals surface area contributed by atoms with E-state index in [0.29, 0.717) is 0 Å². The molecule has 2 heterocycles. The van der Waals surface area contributed by atoms with Gasteiger partial charge in [0.2, 0.25) is 0 Å². The van der Waals surface area contributed by atoms with Gasteiger partial charge in [-0.15, -0.1) is 0 Å². The number of nitrogens with two attached hydrogens (primary N) is 1. The Morgan fingerprint density at radius 3 is 2.80 bits per heavy atom. The summed E-state index contributed by atoms with van der Waals surface area (Å²) in [4.78, 5) is 14.9. The van der Waals surface area contributed by atoms with E-state index in [9.17, 15) is 20.1 Å². The fourth-order valence-electron chi connectivity index (χ4n) is 1.93. The summed E-state index contributed by atoms with van der Waals surface area (Å²) in [6.07, 6.45) is -3.07. The fraction of sp³-hybridized carbons (Fsp3) is 0.500. The molecule has 0 saturated carbocycles. The third-order valence-electron chi connectivity index (χ3n) is 2.95. The van der Waals surface area contributed by atoms with E-state index in [1.807, 2.05) is 0 Å². The van der Waals surface area contributed by atoms with Crippen LogP contribution in [0.3, 0.4) is 0 Å². The third kappa shape index (κ3) is 2.36. The van der Waals surface area contributed by atoms with Crippen LogP contribution < -0.4 is 16.6 Å². The largest absolute Gasteiger partial charge is 0.858 e. The highest BCUT2D eigenvalue weighted by Gasteiger charge is 2.43. The molecule has 1 aromatic heterocycles. The van der Waals surface area contributed by atoms with Crippen molar-refractivity contribution in [3.05, 3.63) is 22.2 Å². The van der Waals surface area contributed by atoms with Gasteiger partial charge in [0.25, 0.3) is 0 Å². The van der Waals surface area contributed by atoms with Crippen molar-refractivity contribution >= 4 is 6.21 Å². The zero-order chi connectivity index (χ0) is 14.9. The van der Waals surface area contributed by atoms with E-state index < -0.39 is 42.7 Å². The smallest absolute Gasteiger partial charge is 0.349 e. The Morgan fingerprint density at radius 1 is 1.55 bits per heavy atom. The highest BCUT2D eigenvalue weighted by molar-refractivity contribution is 5.81. The summed E-state index contributed by atoms with van der Waals surface area (Å²) in [5, 5.41) is 43.0. The number of hydrogen-bond donors (Lipinski definition) is 4. The van der Waals surface area contributed by atoms with Gasteiger partial charge in [0.1, 0.15) is 18.3 Å². The molecule has 0 aromatic carbocycles. The van der Waals surface area contributed by atoms with Crippen LogP contribution in [0.25, 0.3) is 0 Å². The first-order valence-electron chi connectivity index (χ1n) is 5.65. The molecule has 10 heteroatoms. The zero-order valence-electron chi connectivity index (χ0n) is 10.2. The Hall–Kier alpha value is -2.01. The molecule has 0 spiro atoms. The Morgan fingerprint density at radius 2 is 2.25 bits per heavy atom. The maximum atomic E-state index is 11.7. The van der Waals surface area contributed by atoms with Gasteiger partial charge in [0, 0.05) is 17.6 Å². The minimum atomic E-state index is -1.45. The average Bonchev–Trinajstić information content (AvgIpc) is 2.70. The molecule has 10 nitrogen and oxygen atoms in total. The molecule has 1 aliphatic heterocycles. The zero-order valence-corrected chi connectivity index (χ0v) is 10.2. The summed E-state index contributed by atoms with van der Waals surface area (Å²) >= 11 is 0. The molecular formula is C10H13N4O6-. The lowest BCUT2D eigenvalue weighted by molar-refractivity contribution is -0.275. The number of nitrogens with zero attached hydrogens (tertiary/aromatic N) is 3. The number of hydrazone groups is 1. The van der Waals surface area contributed by atoms with E-state index in [0.717, 1.165) is 17.0 Å². The third-order valence-corrected chi connectivity index (χ3v) is 2.95. The molecule has 0 amide bonds. The van der Waals surface area contributed by atoms with Crippen LogP contribution in [0.15, 0.2) is 16.1 Å². The first-order chi connectivity index (χ1) is 9.49.